The number of ether oxygens (including phenoxy) is 2. The molecule has 2 rings (SSSR count). The molecular weight excluding hydrogens is 358 g/mol. The SMILES string of the molecule is COc1ccc(OC)c(CC(=O)NC(C)c2ccc(Br)cc2)c1. The Balaban J connectivity index is 2.05. The first-order valence-electron chi connectivity index (χ1n) is 7.29. The van der Waals surface area contributed by atoms with Gasteiger partial charge in [0.25, 0.3) is 0 Å². The fourth-order valence-corrected chi connectivity index (χ4v) is 2.58. The van der Waals surface area contributed by atoms with E-state index in [1.54, 1.807) is 20.3 Å². The molecule has 4 nitrogen and oxygen atoms in total. The van der Waals surface area contributed by atoms with E-state index in [-0.39, 0.29) is 18.4 Å². The number of benzene rings is 2. The molecule has 0 radical (unpaired) electrons. The molecule has 0 aliphatic heterocycles. The molecule has 1 unspecified atom stereocenters. The van der Waals surface area contributed by atoms with Gasteiger partial charge >= 0.3 is 0 Å². The second kappa shape index (κ2) is 8.02. The highest BCUT2D eigenvalue weighted by Crippen LogP contribution is 2.24. The molecule has 1 amide bonds. The van der Waals surface area contributed by atoms with Crippen LogP contribution in [0, 0.1) is 0 Å². The molecule has 0 aliphatic carbocycles. The van der Waals surface area contributed by atoms with Crippen LogP contribution in [-0.2, 0) is 11.2 Å². The number of carbonyl (C=O) groups is 1. The van der Waals surface area contributed by atoms with Crippen molar-refractivity contribution >= 4 is 21.8 Å². The predicted octanol–water partition coefficient (Wildman–Crippen LogP) is 3.89. The summed E-state index contributed by atoms with van der Waals surface area (Å²) in [4.78, 5) is 12.3. The maximum atomic E-state index is 12.3. The summed E-state index contributed by atoms with van der Waals surface area (Å²) in [6.07, 6.45) is 0.237. The molecule has 23 heavy (non-hydrogen) atoms. The number of hydrogen-bond donors (Lipinski definition) is 1. The quantitative estimate of drug-likeness (QED) is 0.830. The second-order valence-electron chi connectivity index (χ2n) is 5.20. The molecule has 0 aromatic heterocycles. The molecule has 0 bridgehead atoms. The number of carbonyl (C=O) groups excluding carboxylic acids is 1. The lowest BCUT2D eigenvalue weighted by atomic mass is 10.1. The van der Waals surface area contributed by atoms with Gasteiger partial charge < -0.3 is 14.8 Å². The molecule has 0 fully saturated rings. The number of rotatable bonds is 6. The van der Waals surface area contributed by atoms with E-state index in [0.717, 1.165) is 15.6 Å². The number of methoxy groups -OCH3 is 2. The fourth-order valence-electron chi connectivity index (χ4n) is 2.32. The fraction of sp³-hybridized carbons (Fsp3) is 0.278. The molecule has 2 aromatic carbocycles. The highest BCUT2D eigenvalue weighted by atomic mass is 79.9. The maximum Gasteiger partial charge on any atom is 0.225 e. The average Bonchev–Trinajstić information content (AvgIpc) is 2.55. The maximum absolute atomic E-state index is 12.3. The van der Waals surface area contributed by atoms with Crippen LogP contribution in [0.15, 0.2) is 46.9 Å². The van der Waals surface area contributed by atoms with Gasteiger partial charge in [0.15, 0.2) is 0 Å². The van der Waals surface area contributed by atoms with E-state index in [1.807, 2.05) is 43.3 Å². The Bertz CT molecular complexity index is 670. The number of halogens is 1. The van der Waals surface area contributed by atoms with Crippen LogP contribution in [0.2, 0.25) is 0 Å². The van der Waals surface area contributed by atoms with Gasteiger partial charge in [-0.1, -0.05) is 28.1 Å². The minimum absolute atomic E-state index is 0.0628. The second-order valence-corrected chi connectivity index (χ2v) is 6.11. The zero-order valence-corrected chi connectivity index (χ0v) is 15.0. The Morgan fingerprint density at radius 1 is 1.13 bits per heavy atom. The summed E-state index contributed by atoms with van der Waals surface area (Å²) in [5.74, 6) is 1.32. The van der Waals surface area contributed by atoms with E-state index in [2.05, 4.69) is 21.2 Å². The van der Waals surface area contributed by atoms with Gasteiger partial charge in [0.1, 0.15) is 11.5 Å². The lowest BCUT2D eigenvalue weighted by molar-refractivity contribution is -0.121. The van der Waals surface area contributed by atoms with Crippen LogP contribution < -0.4 is 14.8 Å². The van der Waals surface area contributed by atoms with Gasteiger partial charge in [-0.2, -0.15) is 0 Å². The van der Waals surface area contributed by atoms with E-state index in [1.165, 1.54) is 0 Å². The third-order valence-electron chi connectivity index (χ3n) is 3.59. The molecule has 5 heteroatoms. The van der Waals surface area contributed by atoms with Crippen LogP contribution in [0.25, 0.3) is 0 Å². The van der Waals surface area contributed by atoms with Gasteiger partial charge in [-0.25, -0.2) is 0 Å². The van der Waals surface area contributed by atoms with Crippen LogP contribution in [0.1, 0.15) is 24.1 Å². The molecule has 0 saturated heterocycles. The van der Waals surface area contributed by atoms with Crippen molar-refractivity contribution in [2.24, 2.45) is 0 Å². The first kappa shape index (κ1) is 17.3. The Kier molecular flexibility index (Phi) is 6.04. The number of hydrogen-bond acceptors (Lipinski definition) is 3. The molecule has 1 N–H and O–H groups in total. The monoisotopic (exact) mass is 377 g/mol. The Hall–Kier alpha value is -2.01. The Morgan fingerprint density at radius 2 is 1.83 bits per heavy atom. The van der Waals surface area contributed by atoms with Gasteiger partial charge in [-0.3, -0.25) is 4.79 Å². The largest absolute Gasteiger partial charge is 0.497 e. The number of nitrogens with one attached hydrogen (secondary N) is 1. The molecule has 122 valence electrons. The smallest absolute Gasteiger partial charge is 0.225 e. The van der Waals surface area contributed by atoms with Crippen molar-refractivity contribution in [1.29, 1.82) is 0 Å². The van der Waals surface area contributed by atoms with Crippen molar-refractivity contribution in [3.8, 4) is 11.5 Å². The van der Waals surface area contributed by atoms with Crippen molar-refractivity contribution in [3.05, 3.63) is 58.1 Å². The Labute approximate surface area is 144 Å². The van der Waals surface area contributed by atoms with Gasteiger partial charge in [0.05, 0.1) is 26.7 Å². The van der Waals surface area contributed by atoms with Crippen molar-refractivity contribution < 1.29 is 14.3 Å². The van der Waals surface area contributed by atoms with Gasteiger partial charge in [0, 0.05) is 10.0 Å². The van der Waals surface area contributed by atoms with Gasteiger partial charge in [0.2, 0.25) is 5.91 Å². The van der Waals surface area contributed by atoms with Crippen LogP contribution in [-0.4, -0.2) is 20.1 Å². The third-order valence-corrected chi connectivity index (χ3v) is 4.11. The highest BCUT2D eigenvalue weighted by molar-refractivity contribution is 9.10. The molecule has 0 heterocycles. The van der Waals surface area contributed by atoms with E-state index in [4.69, 9.17) is 9.47 Å². The predicted molar refractivity (Wildman–Crippen MR) is 93.9 cm³/mol. The van der Waals surface area contributed by atoms with Crippen molar-refractivity contribution in [2.45, 2.75) is 19.4 Å². The molecule has 2 aromatic rings. The van der Waals surface area contributed by atoms with Crippen molar-refractivity contribution in [1.82, 2.24) is 5.32 Å². The topological polar surface area (TPSA) is 47.6 Å². The van der Waals surface area contributed by atoms with Crippen molar-refractivity contribution in [2.75, 3.05) is 14.2 Å². The third kappa shape index (κ3) is 4.73. The lowest BCUT2D eigenvalue weighted by Gasteiger charge is -2.16. The summed E-state index contributed by atoms with van der Waals surface area (Å²) in [6.45, 7) is 1.96. The summed E-state index contributed by atoms with van der Waals surface area (Å²) in [6, 6.07) is 13.3. The first-order valence-corrected chi connectivity index (χ1v) is 8.08. The van der Waals surface area contributed by atoms with Crippen LogP contribution >= 0.6 is 15.9 Å². The summed E-state index contributed by atoms with van der Waals surface area (Å²) in [5, 5.41) is 3.00. The van der Waals surface area contributed by atoms with E-state index >= 15 is 0 Å². The molecule has 1 atom stereocenters. The van der Waals surface area contributed by atoms with Crippen LogP contribution in [0.3, 0.4) is 0 Å². The van der Waals surface area contributed by atoms with Crippen LogP contribution in [0.5, 0.6) is 11.5 Å². The van der Waals surface area contributed by atoms with Gasteiger partial charge in [-0.15, -0.1) is 0 Å². The number of amides is 1. The minimum atomic E-state index is -0.0630. The molecule has 0 aliphatic rings. The minimum Gasteiger partial charge on any atom is -0.497 e. The molecule has 0 saturated carbocycles. The molecule has 0 spiro atoms. The highest BCUT2D eigenvalue weighted by Gasteiger charge is 2.13. The zero-order valence-electron chi connectivity index (χ0n) is 13.4. The summed E-state index contributed by atoms with van der Waals surface area (Å²) < 4.78 is 11.5. The van der Waals surface area contributed by atoms with Gasteiger partial charge in [-0.05, 0) is 42.8 Å². The zero-order chi connectivity index (χ0) is 16.8. The summed E-state index contributed by atoms with van der Waals surface area (Å²) in [5.41, 5.74) is 1.85. The summed E-state index contributed by atoms with van der Waals surface area (Å²) >= 11 is 3.41. The normalized spacial score (nSPS) is 11.7. The van der Waals surface area contributed by atoms with E-state index in [0.29, 0.717) is 11.5 Å². The average molecular weight is 378 g/mol. The van der Waals surface area contributed by atoms with Crippen LogP contribution in [0.4, 0.5) is 0 Å². The standard InChI is InChI=1S/C18H20BrNO3/c1-12(13-4-6-15(19)7-5-13)20-18(21)11-14-10-16(22-2)8-9-17(14)23-3/h4-10,12H,11H2,1-3H3,(H,20,21). The summed E-state index contributed by atoms with van der Waals surface area (Å²) in [7, 11) is 3.19. The Morgan fingerprint density at radius 3 is 2.43 bits per heavy atom. The lowest BCUT2D eigenvalue weighted by Crippen LogP contribution is -2.28. The van der Waals surface area contributed by atoms with E-state index < -0.39 is 0 Å². The first-order chi connectivity index (χ1) is 11.0. The molecular formula is C18H20BrNO3. The van der Waals surface area contributed by atoms with E-state index in [9.17, 15) is 4.79 Å². The van der Waals surface area contributed by atoms with Crippen molar-refractivity contribution in [3.63, 3.8) is 0 Å².